The van der Waals surface area contributed by atoms with E-state index in [1.807, 2.05) is 6.07 Å². The van der Waals surface area contributed by atoms with E-state index in [-0.39, 0.29) is 0 Å². The lowest BCUT2D eigenvalue weighted by Crippen LogP contribution is -2.07. The fourth-order valence-corrected chi connectivity index (χ4v) is 2.17. The van der Waals surface area contributed by atoms with E-state index < -0.39 is 0 Å². The van der Waals surface area contributed by atoms with Gasteiger partial charge in [-0.3, -0.25) is 0 Å². The molecule has 1 nitrogen and oxygen atoms in total. The second-order valence-electron chi connectivity index (χ2n) is 4.24. The Bertz CT molecular complexity index is 494. The van der Waals surface area contributed by atoms with E-state index in [0.717, 1.165) is 4.47 Å². The Morgan fingerprint density at radius 3 is 2.47 bits per heavy atom. The summed E-state index contributed by atoms with van der Waals surface area (Å²) in [5, 5.41) is 3.54. The predicted octanol–water partition coefficient (Wildman–Crippen LogP) is 4.93. The van der Waals surface area contributed by atoms with Crippen LogP contribution < -0.4 is 5.32 Å². The second kappa shape index (κ2) is 5.37. The summed E-state index contributed by atoms with van der Waals surface area (Å²) in [6.07, 6.45) is 0. The van der Waals surface area contributed by atoms with E-state index >= 15 is 0 Å². The molecule has 1 atom stereocenters. The van der Waals surface area contributed by atoms with Gasteiger partial charge in [-0.15, -0.1) is 0 Å². The zero-order valence-corrected chi connectivity index (χ0v) is 11.7. The van der Waals surface area contributed by atoms with Gasteiger partial charge in [0.05, 0.1) is 0 Å². The monoisotopic (exact) mass is 289 g/mol. The zero-order valence-electron chi connectivity index (χ0n) is 10.1. The predicted molar refractivity (Wildman–Crippen MR) is 77.4 cm³/mol. The van der Waals surface area contributed by atoms with Crippen molar-refractivity contribution in [3.8, 4) is 0 Å². The molecule has 0 aliphatic rings. The van der Waals surface area contributed by atoms with Gasteiger partial charge in [-0.1, -0.05) is 52.3 Å². The number of hydrogen-bond donors (Lipinski definition) is 1. The number of nitrogens with one attached hydrogen (secondary N) is 1. The molecule has 0 bridgehead atoms. The third kappa shape index (κ3) is 3.10. The first-order chi connectivity index (χ1) is 8.16. The average molecular weight is 290 g/mol. The van der Waals surface area contributed by atoms with Crippen LogP contribution >= 0.6 is 15.9 Å². The highest BCUT2D eigenvalue weighted by Gasteiger charge is 2.06. The summed E-state index contributed by atoms with van der Waals surface area (Å²) in [6, 6.07) is 17.1. The van der Waals surface area contributed by atoms with E-state index in [1.165, 1.54) is 16.8 Å². The molecule has 0 aliphatic heterocycles. The lowest BCUT2D eigenvalue weighted by atomic mass is 10.1. The normalized spacial score (nSPS) is 12.2. The molecule has 0 amide bonds. The minimum atomic E-state index is 0.309. The molecule has 0 aromatic heterocycles. The molecule has 2 rings (SSSR count). The summed E-state index contributed by atoms with van der Waals surface area (Å²) in [5.41, 5.74) is 3.73. The number of rotatable bonds is 3. The first kappa shape index (κ1) is 12.2. The van der Waals surface area contributed by atoms with Crippen LogP contribution in [0, 0.1) is 6.92 Å². The van der Waals surface area contributed by atoms with Crippen molar-refractivity contribution < 1.29 is 0 Å². The molecule has 2 aromatic rings. The van der Waals surface area contributed by atoms with Crippen LogP contribution in [0.4, 0.5) is 5.69 Å². The molecule has 0 saturated heterocycles. The molecule has 1 unspecified atom stereocenters. The Balaban J connectivity index is 2.18. The van der Waals surface area contributed by atoms with Crippen molar-refractivity contribution in [3.05, 3.63) is 64.1 Å². The van der Waals surface area contributed by atoms with Crippen molar-refractivity contribution in [2.24, 2.45) is 0 Å². The standard InChI is InChI=1S/C15H16BrN/c1-11-8-9-14(16)10-15(11)17-12(2)13-6-4-3-5-7-13/h3-10,12,17H,1-2H3. The van der Waals surface area contributed by atoms with E-state index in [0.29, 0.717) is 6.04 Å². The van der Waals surface area contributed by atoms with Gasteiger partial charge < -0.3 is 5.32 Å². The summed E-state index contributed by atoms with van der Waals surface area (Å²) in [5.74, 6) is 0. The van der Waals surface area contributed by atoms with Crippen molar-refractivity contribution in [2.45, 2.75) is 19.9 Å². The van der Waals surface area contributed by atoms with Crippen LogP contribution in [0.3, 0.4) is 0 Å². The fraction of sp³-hybridized carbons (Fsp3) is 0.200. The minimum absolute atomic E-state index is 0.309. The SMILES string of the molecule is Cc1ccc(Br)cc1NC(C)c1ccccc1. The highest BCUT2D eigenvalue weighted by molar-refractivity contribution is 9.10. The van der Waals surface area contributed by atoms with Crippen LogP contribution in [0.2, 0.25) is 0 Å². The van der Waals surface area contributed by atoms with Gasteiger partial charge in [-0.2, -0.15) is 0 Å². The lowest BCUT2D eigenvalue weighted by Gasteiger charge is -2.17. The molecule has 0 saturated carbocycles. The third-order valence-electron chi connectivity index (χ3n) is 2.87. The number of hydrogen-bond acceptors (Lipinski definition) is 1. The van der Waals surface area contributed by atoms with Crippen LogP contribution in [0.5, 0.6) is 0 Å². The smallest absolute Gasteiger partial charge is 0.0485 e. The summed E-state index contributed by atoms with van der Waals surface area (Å²) in [7, 11) is 0. The van der Waals surface area contributed by atoms with Gasteiger partial charge in [-0.05, 0) is 37.1 Å². The molecule has 0 radical (unpaired) electrons. The highest BCUT2D eigenvalue weighted by atomic mass is 79.9. The molecule has 0 heterocycles. The number of halogens is 1. The molecular formula is C15H16BrN. The van der Waals surface area contributed by atoms with Crippen LogP contribution in [0.25, 0.3) is 0 Å². The van der Waals surface area contributed by atoms with Crippen molar-refractivity contribution >= 4 is 21.6 Å². The van der Waals surface area contributed by atoms with Crippen molar-refractivity contribution in [3.63, 3.8) is 0 Å². The van der Waals surface area contributed by atoms with E-state index in [9.17, 15) is 0 Å². The second-order valence-corrected chi connectivity index (χ2v) is 5.15. The summed E-state index contributed by atoms with van der Waals surface area (Å²) < 4.78 is 1.10. The Kier molecular flexibility index (Phi) is 3.85. The fourth-order valence-electron chi connectivity index (χ4n) is 1.81. The molecule has 2 heteroatoms. The first-order valence-electron chi connectivity index (χ1n) is 5.74. The number of aryl methyl sites for hydroxylation is 1. The van der Waals surface area contributed by atoms with Gasteiger partial charge in [0.2, 0.25) is 0 Å². The van der Waals surface area contributed by atoms with Crippen LogP contribution in [0.15, 0.2) is 53.0 Å². The maximum Gasteiger partial charge on any atom is 0.0485 e. The Labute approximate surface area is 111 Å². The lowest BCUT2D eigenvalue weighted by molar-refractivity contribution is 0.882. The maximum atomic E-state index is 3.54. The first-order valence-corrected chi connectivity index (χ1v) is 6.54. The van der Waals surface area contributed by atoms with Gasteiger partial charge in [0, 0.05) is 16.2 Å². The van der Waals surface area contributed by atoms with Gasteiger partial charge in [0.15, 0.2) is 0 Å². The largest absolute Gasteiger partial charge is 0.378 e. The van der Waals surface area contributed by atoms with Crippen molar-refractivity contribution in [1.29, 1.82) is 0 Å². The van der Waals surface area contributed by atoms with Crippen LogP contribution in [-0.2, 0) is 0 Å². The topological polar surface area (TPSA) is 12.0 Å². The summed E-state index contributed by atoms with van der Waals surface area (Å²) in [6.45, 7) is 4.29. The van der Waals surface area contributed by atoms with Gasteiger partial charge >= 0.3 is 0 Å². The molecule has 1 N–H and O–H groups in total. The van der Waals surface area contributed by atoms with E-state index in [1.54, 1.807) is 0 Å². The summed E-state index contributed by atoms with van der Waals surface area (Å²) in [4.78, 5) is 0. The Morgan fingerprint density at radius 2 is 1.76 bits per heavy atom. The maximum absolute atomic E-state index is 3.54. The van der Waals surface area contributed by atoms with Crippen LogP contribution in [-0.4, -0.2) is 0 Å². The Hall–Kier alpha value is -1.28. The van der Waals surface area contributed by atoms with E-state index in [2.05, 4.69) is 77.6 Å². The molecule has 17 heavy (non-hydrogen) atoms. The summed E-state index contributed by atoms with van der Waals surface area (Å²) >= 11 is 3.50. The quantitative estimate of drug-likeness (QED) is 0.845. The third-order valence-corrected chi connectivity index (χ3v) is 3.36. The Morgan fingerprint density at radius 1 is 1.06 bits per heavy atom. The average Bonchev–Trinajstić information content (AvgIpc) is 2.35. The minimum Gasteiger partial charge on any atom is -0.378 e. The number of benzene rings is 2. The van der Waals surface area contributed by atoms with Crippen molar-refractivity contribution in [2.75, 3.05) is 5.32 Å². The molecule has 0 fully saturated rings. The highest BCUT2D eigenvalue weighted by Crippen LogP contribution is 2.25. The van der Waals surface area contributed by atoms with Gasteiger partial charge in [0.25, 0.3) is 0 Å². The van der Waals surface area contributed by atoms with Crippen molar-refractivity contribution in [1.82, 2.24) is 0 Å². The van der Waals surface area contributed by atoms with Gasteiger partial charge in [0.1, 0.15) is 0 Å². The molecule has 2 aromatic carbocycles. The van der Waals surface area contributed by atoms with Crippen LogP contribution in [0.1, 0.15) is 24.1 Å². The molecular weight excluding hydrogens is 274 g/mol. The molecule has 0 spiro atoms. The number of anilines is 1. The van der Waals surface area contributed by atoms with E-state index in [4.69, 9.17) is 0 Å². The zero-order chi connectivity index (χ0) is 12.3. The molecule has 0 aliphatic carbocycles. The van der Waals surface area contributed by atoms with Gasteiger partial charge in [-0.25, -0.2) is 0 Å². The molecule has 88 valence electrons.